The van der Waals surface area contributed by atoms with E-state index in [1.54, 1.807) is 24.3 Å². The number of aromatic nitrogens is 4. The van der Waals surface area contributed by atoms with Crippen molar-refractivity contribution in [1.29, 1.82) is 0 Å². The van der Waals surface area contributed by atoms with Crippen LogP contribution in [0.25, 0.3) is 5.65 Å². The van der Waals surface area contributed by atoms with Gasteiger partial charge in [0.15, 0.2) is 5.65 Å². The highest BCUT2D eigenvalue weighted by atomic mass is 19.4. The molecule has 3 N–H and O–H groups in total. The molecule has 0 amide bonds. The van der Waals surface area contributed by atoms with E-state index in [2.05, 4.69) is 25.7 Å². The van der Waals surface area contributed by atoms with E-state index < -0.39 is 11.7 Å². The van der Waals surface area contributed by atoms with Gasteiger partial charge >= 0.3 is 6.18 Å². The third-order valence-electron chi connectivity index (χ3n) is 3.88. The van der Waals surface area contributed by atoms with Crippen molar-refractivity contribution in [2.45, 2.75) is 6.18 Å². The second kappa shape index (κ2) is 6.72. The highest BCUT2D eigenvalue weighted by Crippen LogP contribution is 2.30. The predicted octanol–water partition coefficient (Wildman–Crippen LogP) is 3.92. The van der Waals surface area contributed by atoms with Crippen molar-refractivity contribution in [3.8, 4) is 0 Å². The summed E-state index contributed by atoms with van der Waals surface area (Å²) in [5.41, 5.74) is 0.534. The molecule has 1 aromatic carbocycles. The minimum absolute atomic E-state index is 0.222. The summed E-state index contributed by atoms with van der Waals surface area (Å²) in [6, 6.07) is 12.9. The molecule has 0 aliphatic carbocycles. The lowest BCUT2D eigenvalue weighted by molar-refractivity contribution is -0.137. The van der Waals surface area contributed by atoms with Crippen molar-refractivity contribution in [2.75, 3.05) is 10.6 Å². The molecular weight excluding hydrogens is 373 g/mol. The maximum atomic E-state index is 12.7. The number of nitrogens with zero attached hydrogens (tertiary/aromatic N) is 3. The van der Waals surface area contributed by atoms with Gasteiger partial charge in [0.1, 0.15) is 5.82 Å². The number of hydrogen-bond donors (Lipinski definition) is 3. The van der Waals surface area contributed by atoms with E-state index >= 15 is 0 Å². The summed E-state index contributed by atoms with van der Waals surface area (Å²) in [5.74, 6) is 0.788. The molecule has 0 spiro atoms. The molecule has 4 aromatic rings. The van der Waals surface area contributed by atoms with E-state index in [1.165, 1.54) is 28.9 Å². The summed E-state index contributed by atoms with van der Waals surface area (Å²) in [5, 5.41) is 10.3. The smallest absolute Gasteiger partial charge is 0.340 e. The van der Waals surface area contributed by atoms with E-state index in [-0.39, 0.29) is 11.5 Å². The highest BCUT2D eigenvalue weighted by Gasteiger charge is 2.29. The lowest BCUT2D eigenvalue weighted by atomic mass is 10.2. The van der Waals surface area contributed by atoms with Gasteiger partial charge in [-0.1, -0.05) is 6.07 Å². The Kier molecular flexibility index (Phi) is 4.22. The van der Waals surface area contributed by atoms with Crippen LogP contribution in [0.1, 0.15) is 5.56 Å². The average molecular weight is 386 g/mol. The Balaban J connectivity index is 1.60. The predicted molar refractivity (Wildman–Crippen MR) is 98.1 cm³/mol. The fraction of sp³-hybridized carbons (Fsp3) is 0.0556. The van der Waals surface area contributed by atoms with Gasteiger partial charge in [-0.05, 0) is 42.5 Å². The number of anilines is 4. The number of nitrogens with one attached hydrogen (secondary N) is 3. The average Bonchev–Trinajstić information content (AvgIpc) is 3.05. The van der Waals surface area contributed by atoms with Crippen molar-refractivity contribution in [3.63, 3.8) is 0 Å². The number of H-pyrrole nitrogens is 1. The third-order valence-corrected chi connectivity index (χ3v) is 3.88. The van der Waals surface area contributed by atoms with Crippen molar-refractivity contribution in [2.24, 2.45) is 0 Å². The maximum absolute atomic E-state index is 12.7. The Morgan fingerprint density at radius 1 is 0.964 bits per heavy atom. The number of hydrogen-bond acceptors (Lipinski definition) is 5. The Bertz CT molecular complexity index is 1180. The Morgan fingerprint density at radius 2 is 1.75 bits per heavy atom. The van der Waals surface area contributed by atoms with E-state index in [9.17, 15) is 18.0 Å². The van der Waals surface area contributed by atoms with Gasteiger partial charge in [0.05, 0.1) is 5.56 Å². The second-order valence-corrected chi connectivity index (χ2v) is 5.88. The minimum atomic E-state index is -4.39. The van der Waals surface area contributed by atoms with Crippen LogP contribution in [0.3, 0.4) is 0 Å². The standard InChI is InChI=1S/C18H13F3N6O/c19-18(20,21)11-4-6-12(7-5-11)24-17-25-15-3-1-2-14(27(15)26-17)23-13-8-9-22-16(28)10-13/h1-10H,(H,24,26)(H2,22,23,28). The number of benzene rings is 1. The molecule has 0 radical (unpaired) electrons. The summed E-state index contributed by atoms with van der Waals surface area (Å²) in [6.07, 6.45) is -2.87. The van der Waals surface area contributed by atoms with Gasteiger partial charge in [0.2, 0.25) is 11.5 Å². The summed E-state index contributed by atoms with van der Waals surface area (Å²) < 4.78 is 39.5. The van der Waals surface area contributed by atoms with Crippen LogP contribution in [0.15, 0.2) is 65.6 Å². The van der Waals surface area contributed by atoms with E-state index in [1.807, 2.05) is 0 Å². The molecule has 7 nitrogen and oxygen atoms in total. The van der Waals surface area contributed by atoms with Gasteiger partial charge in [-0.15, -0.1) is 5.10 Å². The normalized spacial score (nSPS) is 11.5. The minimum Gasteiger partial charge on any atom is -0.340 e. The van der Waals surface area contributed by atoms with Crippen molar-refractivity contribution >= 4 is 28.8 Å². The van der Waals surface area contributed by atoms with Gasteiger partial charge in [0, 0.05) is 23.6 Å². The first-order valence-corrected chi connectivity index (χ1v) is 8.14. The number of alkyl halides is 3. The zero-order valence-corrected chi connectivity index (χ0v) is 14.2. The molecule has 0 unspecified atom stereocenters. The molecule has 10 heteroatoms. The first kappa shape index (κ1) is 17.6. The number of fused-ring (bicyclic) bond motifs is 1. The molecule has 0 aliphatic rings. The maximum Gasteiger partial charge on any atom is 0.416 e. The van der Waals surface area contributed by atoms with Crippen LogP contribution < -0.4 is 16.2 Å². The summed E-state index contributed by atoms with van der Waals surface area (Å²) in [4.78, 5) is 18.3. The summed E-state index contributed by atoms with van der Waals surface area (Å²) in [6.45, 7) is 0. The summed E-state index contributed by atoms with van der Waals surface area (Å²) >= 11 is 0. The van der Waals surface area contributed by atoms with Gasteiger partial charge < -0.3 is 15.6 Å². The zero-order chi connectivity index (χ0) is 19.7. The van der Waals surface area contributed by atoms with Crippen molar-refractivity contribution in [1.82, 2.24) is 19.6 Å². The van der Waals surface area contributed by atoms with Gasteiger partial charge in [-0.25, -0.2) is 0 Å². The monoisotopic (exact) mass is 386 g/mol. The molecule has 3 heterocycles. The molecule has 3 aromatic heterocycles. The third kappa shape index (κ3) is 3.65. The number of rotatable bonds is 4. The van der Waals surface area contributed by atoms with Gasteiger partial charge in [-0.3, -0.25) is 4.79 Å². The fourth-order valence-corrected chi connectivity index (χ4v) is 2.59. The van der Waals surface area contributed by atoms with Crippen molar-refractivity contribution in [3.05, 3.63) is 76.7 Å². The van der Waals surface area contributed by atoms with Crippen LogP contribution in [0.2, 0.25) is 0 Å². The molecule has 4 rings (SSSR count). The zero-order valence-electron chi connectivity index (χ0n) is 14.2. The molecule has 0 fully saturated rings. The molecule has 0 atom stereocenters. The van der Waals surface area contributed by atoms with Crippen LogP contribution in [0, 0.1) is 0 Å². The van der Waals surface area contributed by atoms with E-state index in [0.717, 1.165) is 12.1 Å². The van der Waals surface area contributed by atoms with E-state index in [4.69, 9.17) is 0 Å². The van der Waals surface area contributed by atoms with Crippen LogP contribution in [0.4, 0.5) is 36.3 Å². The van der Waals surface area contributed by atoms with Crippen LogP contribution >= 0.6 is 0 Å². The first-order chi connectivity index (χ1) is 13.4. The first-order valence-electron chi connectivity index (χ1n) is 8.14. The van der Waals surface area contributed by atoms with E-state index in [0.29, 0.717) is 22.8 Å². The molecule has 142 valence electrons. The Hall–Kier alpha value is -3.82. The second-order valence-electron chi connectivity index (χ2n) is 5.88. The Morgan fingerprint density at radius 3 is 2.46 bits per heavy atom. The summed E-state index contributed by atoms with van der Waals surface area (Å²) in [7, 11) is 0. The fourth-order valence-electron chi connectivity index (χ4n) is 2.59. The van der Waals surface area contributed by atoms with Crippen LogP contribution in [-0.2, 0) is 6.18 Å². The van der Waals surface area contributed by atoms with Crippen LogP contribution in [0.5, 0.6) is 0 Å². The van der Waals surface area contributed by atoms with Crippen LogP contribution in [-0.4, -0.2) is 19.6 Å². The SMILES string of the molecule is O=c1cc(Nc2cccc3nc(Nc4ccc(C(F)(F)F)cc4)nn23)cc[nH]1. The van der Waals surface area contributed by atoms with Gasteiger partial charge in [0.25, 0.3) is 0 Å². The molecule has 0 bridgehead atoms. The molecule has 0 saturated carbocycles. The number of halogens is 3. The van der Waals surface area contributed by atoms with Crippen molar-refractivity contribution < 1.29 is 13.2 Å². The largest absolute Gasteiger partial charge is 0.416 e. The topological polar surface area (TPSA) is 87.1 Å². The molecule has 0 saturated heterocycles. The lowest BCUT2D eigenvalue weighted by Crippen LogP contribution is -2.06. The lowest BCUT2D eigenvalue weighted by Gasteiger charge is -2.07. The molecule has 0 aliphatic heterocycles. The number of aromatic amines is 1. The Labute approximate surface area is 155 Å². The quantitative estimate of drug-likeness (QED) is 0.495. The molecular formula is C18H13F3N6O. The highest BCUT2D eigenvalue weighted by molar-refractivity contribution is 5.62. The molecule has 28 heavy (non-hydrogen) atoms. The van der Waals surface area contributed by atoms with Gasteiger partial charge in [-0.2, -0.15) is 22.7 Å². The number of pyridine rings is 2.